The van der Waals surface area contributed by atoms with Gasteiger partial charge in [-0.2, -0.15) is 0 Å². The van der Waals surface area contributed by atoms with Gasteiger partial charge >= 0.3 is 0 Å². The summed E-state index contributed by atoms with van der Waals surface area (Å²) in [5.74, 6) is 0.156. The summed E-state index contributed by atoms with van der Waals surface area (Å²) in [6, 6.07) is 4.91. The SMILES string of the molecule is CCS(=O)(=O)N1CCCN(C(=O)c2ccc3c(c2)NC(=O)CO3)CC1. The van der Waals surface area contributed by atoms with E-state index in [0.717, 1.165) is 0 Å². The minimum Gasteiger partial charge on any atom is -0.482 e. The summed E-state index contributed by atoms with van der Waals surface area (Å²) in [5, 5.41) is 2.68. The van der Waals surface area contributed by atoms with Gasteiger partial charge in [0.25, 0.3) is 11.8 Å². The maximum atomic E-state index is 12.8. The maximum absolute atomic E-state index is 12.8. The first-order valence-electron chi connectivity index (χ1n) is 8.24. The van der Waals surface area contributed by atoms with Crippen molar-refractivity contribution < 1.29 is 22.7 Å². The van der Waals surface area contributed by atoms with Crippen LogP contribution in [0.5, 0.6) is 5.75 Å². The zero-order valence-electron chi connectivity index (χ0n) is 14.0. The van der Waals surface area contributed by atoms with E-state index in [1.54, 1.807) is 30.0 Å². The first kappa shape index (κ1) is 17.7. The van der Waals surface area contributed by atoms with Gasteiger partial charge in [-0.15, -0.1) is 0 Å². The number of rotatable bonds is 3. The fourth-order valence-corrected chi connectivity index (χ4v) is 4.09. The summed E-state index contributed by atoms with van der Waals surface area (Å²) in [6.45, 7) is 3.15. The van der Waals surface area contributed by atoms with E-state index < -0.39 is 10.0 Å². The summed E-state index contributed by atoms with van der Waals surface area (Å²) in [7, 11) is -3.25. The second-order valence-corrected chi connectivity index (χ2v) is 8.25. The fourth-order valence-electron chi connectivity index (χ4n) is 2.96. The Morgan fingerprint density at radius 2 is 2.04 bits per heavy atom. The number of amides is 2. The lowest BCUT2D eigenvalue weighted by Gasteiger charge is -2.23. The molecule has 1 N–H and O–H groups in total. The number of carbonyl (C=O) groups is 2. The van der Waals surface area contributed by atoms with E-state index in [-0.39, 0.29) is 24.2 Å². The highest BCUT2D eigenvalue weighted by Crippen LogP contribution is 2.29. The van der Waals surface area contributed by atoms with Gasteiger partial charge in [0.1, 0.15) is 5.75 Å². The molecule has 2 heterocycles. The fraction of sp³-hybridized carbons (Fsp3) is 0.500. The van der Waals surface area contributed by atoms with Crippen LogP contribution < -0.4 is 10.1 Å². The Hall–Kier alpha value is -2.13. The second kappa shape index (κ2) is 7.01. The first-order chi connectivity index (χ1) is 11.9. The average molecular weight is 367 g/mol. The molecule has 2 aliphatic rings. The Balaban J connectivity index is 1.73. The molecule has 0 bridgehead atoms. The van der Waals surface area contributed by atoms with Crippen molar-refractivity contribution in [2.75, 3.05) is 43.9 Å². The van der Waals surface area contributed by atoms with Crippen LogP contribution in [0.4, 0.5) is 5.69 Å². The number of benzene rings is 1. The minimum atomic E-state index is -3.25. The standard InChI is InChI=1S/C16H21N3O5S/c1-2-25(22,23)19-7-3-6-18(8-9-19)16(21)12-4-5-14-13(10-12)17-15(20)11-24-14/h4-5,10H,2-3,6-9,11H2,1H3,(H,17,20). The zero-order valence-corrected chi connectivity index (χ0v) is 14.8. The van der Waals surface area contributed by atoms with E-state index in [1.165, 1.54) is 4.31 Å². The van der Waals surface area contributed by atoms with Crippen molar-refractivity contribution in [2.24, 2.45) is 0 Å². The summed E-state index contributed by atoms with van der Waals surface area (Å²) in [4.78, 5) is 25.8. The van der Waals surface area contributed by atoms with E-state index in [2.05, 4.69) is 5.32 Å². The van der Waals surface area contributed by atoms with Crippen LogP contribution in [0.15, 0.2) is 18.2 Å². The summed E-state index contributed by atoms with van der Waals surface area (Å²) in [6.07, 6.45) is 0.593. The van der Waals surface area contributed by atoms with Crippen LogP contribution in [0.2, 0.25) is 0 Å². The van der Waals surface area contributed by atoms with E-state index in [1.807, 2.05) is 0 Å². The van der Waals surface area contributed by atoms with Crippen LogP contribution >= 0.6 is 0 Å². The third-order valence-corrected chi connectivity index (χ3v) is 6.24. The lowest BCUT2D eigenvalue weighted by atomic mass is 10.1. The van der Waals surface area contributed by atoms with Crippen LogP contribution in [0.25, 0.3) is 0 Å². The van der Waals surface area contributed by atoms with E-state index >= 15 is 0 Å². The van der Waals surface area contributed by atoms with Gasteiger partial charge in [-0.3, -0.25) is 9.59 Å². The molecule has 1 aromatic rings. The molecule has 136 valence electrons. The minimum absolute atomic E-state index is 0.0336. The molecule has 0 radical (unpaired) electrons. The Morgan fingerprint density at radius 1 is 1.24 bits per heavy atom. The molecular weight excluding hydrogens is 346 g/mol. The van der Waals surface area contributed by atoms with Crippen LogP contribution in [-0.2, 0) is 14.8 Å². The zero-order chi connectivity index (χ0) is 18.0. The van der Waals surface area contributed by atoms with Gasteiger partial charge in [-0.05, 0) is 31.5 Å². The number of nitrogens with zero attached hydrogens (tertiary/aromatic N) is 2. The van der Waals surface area contributed by atoms with Gasteiger partial charge in [0.2, 0.25) is 10.0 Å². The average Bonchev–Trinajstić information content (AvgIpc) is 2.87. The molecule has 3 rings (SSSR count). The van der Waals surface area contributed by atoms with Crippen LogP contribution in [-0.4, -0.2) is 68.0 Å². The first-order valence-corrected chi connectivity index (χ1v) is 9.85. The topological polar surface area (TPSA) is 96.0 Å². The normalized spacial score (nSPS) is 18.8. The monoisotopic (exact) mass is 367 g/mol. The summed E-state index contributed by atoms with van der Waals surface area (Å²) >= 11 is 0. The number of carbonyl (C=O) groups excluding carboxylic acids is 2. The van der Waals surface area contributed by atoms with Crippen molar-refractivity contribution in [1.29, 1.82) is 0 Å². The molecule has 0 aromatic heterocycles. The maximum Gasteiger partial charge on any atom is 0.262 e. The highest BCUT2D eigenvalue weighted by atomic mass is 32.2. The molecule has 0 unspecified atom stereocenters. The predicted molar refractivity (Wildman–Crippen MR) is 92.1 cm³/mol. The molecular formula is C16H21N3O5S. The van der Waals surface area contributed by atoms with Gasteiger partial charge in [-0.25, -0.2) is 12.7 Å². The number of anilines is 1. The number of fused-ring (bicyclic) bond motifs is 1. The molecule has 2 aliphatic heterocycles. The Kier molecular flexibility index (Phi) is 4.96. The van der Waals surface area contributed by atoms with Crippen LogP contribution in [0.3, 0.4) is 0 Å². The number of hydrogen-bond donors (Lipinski definition) is 1. The van der Waals surface area contributed by atoms with E-state index in [0.29, 0.717) is 49.6 Å². The Bertz CT molecular complexity index is 793. The highest BCUT2D eigenvalue weighted by molar-refractivity contribution is 7.89. The molecule has 0 spiro atoms. The molecule has 0 atom stereocenters. The Labute approximate surface area is 146 Å². The van der Waals surface area contributed by atoms with Gasteiger partial charge in [0.05, 0.1) is 11.4 Å². The van der Waals surface area contributed by atoms with Crippen molar-refractivity contribution in [2.45, 2.75) is 13.3 Å². The number of ether oxygens (including phenoxy) is 1. The van der Waals surface area contributed by atoms with Gasteiger partial charge in [0, 0.05) is 31.7 Å². The van der Waals surface area contributed by atoms with Crippen LogP contribution in [0, 0.1) is 0 Å². The smallest absolute Gasteiger partial charge is 0.262 e. The van der Waals surface area contributed by atoms with Crippen molar-refractivity contribution in [3.63, 3.8) is 0 Å². The molecule has 25 heavy (non-hydrogen) atoms. The Morgan fingerprint density at radius 3 is 2.80 bits per heavy atom. The third kappa shape index (κ3) is 3.77. The molecule has 2 amide bonds. The van der Waals surface area contributed by atoms with Crippen molar-refractivity contribution >= 4 is 27.5 Å². The van der Waals surface area contributed by atoms with Gasteiger partial charge in [-0.1, -0.05) is 0 Å². The van der Waals surface area contributed by atoms with Gasteiger partial charge in [0.15, 0.2) is 6.61 Å². The third-order valence-electron chi connectivity index (χ3n) is 4.36. The predicted octanol–water partition coefficient (Wildman–Crippen LogP) is 0.515. The van der Waals surface area contributed by atoms with E-state index in [9.17, 15) is 18.0 Å². The molecule has 1 fully saturated rings. The molecule has 0 aliphatic carbocycles. The number of nitrogens with one attached hydrogen (secondary N) is 1. The summed E-state index contributed by atoms with van der Waals surface area (Å²) in [5.41, 5.74) is 0.920. The molecule has 9 heteroatoms. The quantitative estimate of drug-likeness (QED) is 0.840. The largest absolute Gasteiger partial charge is 0.482 e. The molecule has 8 nitrogen and oxygen atoms in total. The van der Waals surface area contributed by atoms with Gasteiger partial charge < -0.3 is 15.0 Å². The van der Waals surface area contributed by atoms with Crippen molar-refractivity contribution in [3.05, 3.63) is 23.8 Å². The number of hydrogen-bond acceptors (Lipinski definition) is 5. The van der Waals surface area contributed by atoms with Crippen molar-refractivity contribution in [1.82, 2.24) is 9.21 Å². The lowest BCUT2D eigenvalue weighted by molar-refractivity contribution is -0.118. The highest BCUT2D eigenvalue weighted by Gasteiger charge is 2.26. The lowest BCUT2D eigenvalue weighted by Crippen LogP contribution is -2.38. The summed E-state index contributed by atoms with van der Waals surface area (Å²) < 4.78 is 30.8. The molecule has 1 saturated heterocycles. The number of sulfonamides is 1. The van der Waals surface area contributed by atoms with Crippen LogP contribution in [0.1, 0.15) is 23.7 Å². The molecule has 0 saturated carbocycles. The second-order valence-electron chi connectivity index (χ2n) is 5.99. The van der Waals surface area contributed by atoms with Crippen molar-refractivity contribution in [3.8, 4) is 5.75 Å². The molecule has 1 aromatic carbocycles. The van der Waals surface area contributed by atoms with E-state index in [4.69, 9.17) is 4.74 Å².